The van der Waals surface area contributed by atoms with E-state index in [1.54, 1.807) is 12.1 Å². The summed E-state index contributed by atoms with van der Waals surface area (Å²) in [5, 5.41) is 11.2. The lowest BCUT2D eigenvalue weighted by molar-refractivity contribution is -0.385. The van der Waals surface area contributed by atoms with Crippen molar-refractivity contribution < 1.29 is 14.5 Å². The van der Waals surface area contributed by atoms with Crippen LogP contribution in [0.25, 0.3) is 6.08 Å². The van der Waals surface area contributed by atoms with Gasteiger partial charge in [0.25, 0.3) is 5.91 Å². The number of thiocarbonyl (C=S) groups is 1. The van der Waals surface area contributed by atoms with Gasteiger partial charge in [0.15, 0.2) is 10.1 Å². The predicted molar refractivity (Wildman–Crippen MR) is 106 cm³/mol. The summed E-state index contributed by atoms with van der Waals surface area (Å²) in [4.78, 5) is 25.2. The van der Waals surface area contributed by atoms with Gasteiger partial charge in [0.05, 0.1) is 22.6 Å². The molecule has 0 atom stereocenters. The first-order valence-corrected chi connectivity index (χ1v) is 8.80. The Morgan fingerprint density at radius 3 is 2.54 bits per heavy atom. The van der Waals surface area contributed by atoms with Crippen LogP contribution in [0.5, 0.6) is 5.75 Å². The van der Waals surface area contributed by atoms with Gasteiger partial charge in [-0.05, 0) is 36.8 Å². The number of thioether (sulfide) groups is 1. The zero-order chi connectivity index (χ0) is 18.8. The molecular weight excluding hydrogens is 372 g/mol. The quantitative estimate of drug-likeness (QED) is 0.337. The van der Waals surface area contributed by atoms with E-state index in [0.29, 0.717) is 20.5 Å². The van der Waals surface area contributed by atoms with Crippen molar-refractivity contribution in [3.8, 4) is 5.75 Å². The molecule has 8 heteroatoms. The number of hydrogen-bond donors (Lipinski definition) is 0. The van der Waals surface area contributed by atoms with E-state index in [0.717, 1.165) is 5.56 Å². The second-order valence-corrected chi connectivity index (χ2v) is 7.22. The zero-order valence-electron chi connectivity index (χ0n) is 14.0. The highest BCUT2D eigenvalue weighted by Gasteiger charge is 2.33. The van der Waals surface area contributed by atoms with E-state index in [9.17, 15) is 14.9 Å². The first-order chi connectivity index (χ1) is 12.4. The molecule has 0 aliphatic carbocycles. The number of carbonyl (C=O) groups is 1. The van der Waals surface area contributed by atoms with E-state index in [-0.39, 0.29) is 17.3 Å². The first-order valence-electron chi connectivity index (χ1n) is 7.58. The smallest absolute Gasteiger partial charge is 0.311 e. The van der Waals surface area contributed by atoms with Crippen molar-refractivity contribution in [2.45, 2.75) is 6.92 Å². The molecule has 1 amide bonds. The number of hydrogen-bond acceptors (Lipinski definition) is 6. The zero-order valence-corrected chi connectivity index (χ0v) is 15.6. The Hall–Kier alpha value is -2.71. The molecule has 2 aromatic rings. The maximum Gasteiger partial charge on any atom is 0.311 e. The summed E-state index contributed by atoms with van der Waals surface area (Å²) in [5.41, 5.74) is 2.15. The van der Waals surface area contributed by atoms with Gasteiger partial charge in [-0.3, -0.25) is 19.8 Å². The van der Waals surface area contributed by atoms with Crippen LogP contribution in [0.1, 0.15) is 11.1 Å². The molecule has 2 aromatic carbocycles. The lowest BCUT2D eigenvalue weighted by Crippen LogP contribution is -2.27. The largest absolute Gasteiger partial charge is 0.490 e. The fourth-order valence-corrected chi connectivity index (χ4v) is 3.77. The summed E-state index contributed by atoms with van der Waals surface area (Å²) in [5.74, 6) is -0.0818. The molecule has 0 N–H and O–H groups in total. The average Bonchev–Trinajstić information content (AvgIpc) is 2.89. The monoisotopic (exact) mass is 386 g/mol. The Kier molecular flexibility index (Phi) is 5.06. The van der Waals surface area contributed by atoms with E-state index in [2.05, 4.69) is 0 Å². The summed E-state index contributed by atoms with van der Waals surface area (Å²) in [7, 11) is 1.37. The van der Waals surface area contributed by atoms with Gasteiger partial charge in [-0.1, -0.05) is 47.7 Å². The molecule has 6 nitrogen and oxygen atoms in total. The van der Waals surface area contributed by atoms with Crippen LogP contribution in [0.3, 0.4) is 0 Å². The number of methoxy groups -OCH3 is 1. The average molecular weight is 386 g/mol. The number of anilines is 1. The van der Waals surface area contributed by atoms with Gasteiger partial charge in [0, 0.05) is 6.07 Å². The van der Waals surface area contributed by atoms with Gasteiger partial charge in [0.1, 0.15) is 0 Å². The molecule has 3 rings (SSSR count). The molecule has 1 heterocycles. The highest BCUT2D eigenvalue weighted by molar-refractivity contribution is 8.27. The standard InChI is InChI=1S/C18H14N2O4S2/c1-11-3-6-13(7-4-11)19-17(21)16(26-18(19)25)10-12-5-8-15(24-2)14(9-12)20(22)23/h3-10H,1-2H3/b16-10-. The number of carbonyl (C=O) groups excluding carboxylic acids is 1. The van der Waals surface area contributed by atoms with Gasteiger partial charge >= 0.3 is 5.69 Å². The number of amides is 1. The molecule has 26 heavy (non-hydrogen) atoms. The molecule has 1 saturated heterocycles. The third-order valence-corrected chi connectivity index (χ3v) is 5.09. The number of nitro groups is 1. The number of nitro benzene ring substituents is 1. The van der Waals surface area contributed by atoms with Crippen LogP contribution in [-0.2, 0) is 4.79 Å². The Morgan fingerprint density at radius 2 is 1.92 bits per heavy atom. The van der Waals surface area contributed by atoms with Gasteiger partial charge in [-0.15, -0.1) is 0 Å². The van der Waals surface area contributed by atoms with Crippen LogP contribution in [0, 0.1) is 17.0 Å². The summed E-state index contributed by atoms with van der Waals surface area (Å²) in [6.07, 6.45) is 1.60. The summed E-state index contributed by atoms with van der Waals surface area (Å²) in [6.45, 7) is 1.96. The van der Waals surface area contributed by atoms with Crippen LogP contribution in [0.2, 0.25) is 0 Å². The third-order valence-electron chi connectivity index (χ3n) is 3.78. The number of aryl methyl sites for hydroxylation is 1. The fraction of sp³-hybridized carbons (Fsp3) is 0.111. The predicted octanol–water partition coefficient (Wildman–Crippen LogP) is 4.32. The van der Waals surface area contributed by atoms with Crippen molar-refractivity contribution in [2.75, 3.05) is 12.0 Å². The van der Waals surface area contributed by atoms with E-state index < -0.39 is 4.92 Å². The second kappa shape index (κ2) is 7.27. The maximum atomic E-state index is 12.7. The van der Waals surface area contributed by atoms with Crippen molar-refractivity contribution in [1.29, 1.82) is 0 Å². The van der Waals surface area contributed by atoms with Crippen LogP contribution in [-0.4, -0.2) is 22.3 Å². The van der Waals surface area contributed by atoms with Crippen LogP contribution in [0.15, 0.2) is 47.4 Å². The minimum atomic E-state index is -0.520. The molecule has 0 aromatic heterocycles. The van der Waals surface area contributed by atoms with Crippen LogP contribution in [0.4, 0.5) is 11.4 Å². The first kappa shape index (κ1) is 18.1. The molecule has 0 spiro atoms. The van der Waals surface area contributed by atoms with Crippen molar-refractivity contribution in [2.24, 2.45) is 0 Å². The molecule has 132 valence electrons. The van der Waals surface area contributed by atoms with Gasteiger partial charge in [-0.2, -0.15) is 0 Å². The topological polar surface area (TPSA) is 72.7 Å². The SMILES string of the molecule is COc1ccc(/C=C2\SC(=S)N(c3ccc(C)cc3)C2=O)cc1[N+](=O)[O-]. The lowest BCUT2D eigenvalue weighted by atomic mass is 10.1. The van der Waals surface area contributed by atoms with E-state index in [1.807, 2.05) is 31.2 Å². The molecular formula is C18H14N2O4S2. The Labute approximate surface area is 159 Å². The molecule has 1 aliphatic heterocycles. The van der Waals surface area contributed by atoms with E-state index >= 15 is 0 Å². The van der Waals surface area contributed by atoms with Gasteiger partial charge in [-0.25, -0.2) is 0 Å². The van der Waals surface area contributed by atoms with Crippen molar-refractivity contribution in [3.05, 3.63) is 68.6 Å². The Bertz CT molecular complexity index is 939. The molecule has 0 bridgehead atoms. The number of benzene rings is 2. The molecule has 0 radical (unpaired) electrons. The fourth-order valence-electron chi connectivity index (χ4n) is 2.48. The highest BCUT2D eigenvalue weighted by atomic mass is 32.2. The Morgan fingerprint density at radius 1 is 1.23 bits per heavy atom. The van der Waals surface area contributed by atoms with Crippen molar-refractivity contribution >= 4 is 51.7 Å². The Balaban J connectivity index is 1.94. The van der Waals surface area contributed by atoms with Gasteiger partial charge < -0.3 is 4.74 Å². The molecule has 1 aliphatic rings. The normalized spacial score (nSPS) is 15.6. The number of ether oxygens (including phenoxy) is 1. The maximum absolute atomic E-state index is 12.7. The number of rotatable bonds is 4. The summed E-state index contributed by atoms with van der Waals surface area (Å²) >= 11 is 6.50. The van der Waals surface area contributed by atoms with Gasteiger partial charge in [0.2, 0.25) is 0 Å². The second-order valence-electron chi connectivity index (χ2n) is 5.54. The third kappa shape index (κ3) is 3.47. The van der Waals surface area contributed by atoms with Crippen molar-refractivity contribution in [1.82, 2.24) is 0 Å². The summed E-state index contributed by atoms with van der Waals surface area (Å²) in [6, 6.07) is 12.0. The highest BCUT2D eigenvalue weighted by Crippen LogP contribution is 2.37. The van der Waals surface area contributed by atoms with Crippen LogP contribution < -0.4 is 9.64 Å². The molecule has 0 unspecified atom stereocenters. The van der Waals surface area contributed by atoms with E-state index in [1.165, 1.54) is 35.9 Å². The summed E-state index contributed by atoms with van der Waals surface area (Å²) < 4.78 is 5.41. The number of nitrogens with zero attached hydrogens (tertiary/aromatic N) is 2. The minimum Gasteiger partial charge on any atom is -0.490 e. The van der Waals surface area contributed by atoms with Crippen LogP contribution >= 0.6 is 24.0 Å². The van der Waals surface area contributed by atoms with E-state index in [4.69, 9.17) is 17.0 Å². The molecule has 1 fully saturated rings. The lowest BCUT2D eigenvalue weighted by Gasteiger charge is -2.14. The van der Waals surface area contributed by atoms with Crippen molar-refractivity contribution in [3.63, 3.8) is 0 Å². The molecule has 0 saturated carbocycles. The minimum absolute atomic E-state index is 0.157.